The molecule has 0 aliphatic heterocycles. The normalized spacial score (nSPS) is 10.3. The van der Waals surface area contributed by atoms with Gasteiger partial charge in [-0.25, -0.2) is 4.98 Å². The van der Waals surface area contributed by atoms with E-state index in [2.05, 4.69) is 42.2 Å². The molecule has 0 aliphatic carbocycles. The van der Waals surface area contributed by atoms with Crippen LogP contribution in [0.3, 0.4) is 0 Å². The molecular weight excluding hydrogens is 400 g/mol. The summed E-state index contributed by atoms with van der Waals surface area (Å²) in [5, 5.41) is 3.22. The van der Waals surface area contributed by atoms with Gasteiger partial charge in [0.15, 0.2) is 0 Å². The van der Waals surface area contributed by atoms with Gasteiger partial charge in [0.25, 0.3) is 0 Å². The summed E-state index contributed by atoms with van der Waals surface area (Å²) in [6.07, 6.45) is 1.77. The highest BCUT2D eigenvalue weighted by Gasteiger charge is 2.10. The van der Waals surface area contributed by atoms with Crippen LogP contribution in [0.2, 0.25) is 0 Å². The van der Waals surface area contributed by atoms with Crippen LogP contribution >= 0.6 is 31.9 Å². The average molecular weight is 416 g/mol. The fraction of sp³-hybridized carbons (Fsp3) is 0.267. The Kier molecular flexibility index (Phi) is 5.87. The standard InChI is InChI=1S/C15H16Br2N2O2/c1-3-18-15-10(5-4-6-19-15)9-21-14-8-11(16)13(20-2)7-12(14)17/h4-8H,3,9H2,1-2H3,(H,18,19). The summed E-state index contributed by atoms with van der Waals surface area (Å²) in [4.78, 5) is 4.32. The molecule has 0 radical (unpaired) electrons. The zero-order valence-corrected chi connectivity index (χ0v) is 15.0. The van der Waals surface area contributed by atoms with E-state index in [9.17, 15) is 0 Å². The third kappa shape index (κ3) is 4.11. The van der Waals surface area contributed by atoms with Gasteiger partial charge >= 0.3 is 0 Å². The number of anilines is 1. The van der Waals surface area contributed by atoms with Gasteiger partial charge in [-0.2, -0.15) is 0 Å². The topological polar surface area (TPSA) is 43.4 Å². The van der Waals surface area contributed by atoms with Gasteiger partial charge in [-0.05, 0) is 57.0 Å². The molecule has 1 heterocycles. The number of hydrogen-bond acceptors (Lipinski definition) is 4. The maximum Gasteiger partial charge on any atom is 0.135 e. The van der Waals surface area contributed by atoms with E-state index in [0.717, 1.165) is 38.4 Å². The van der Waals surface area contributed by atoms with Crippen LogP contribution in [0.25, 0.3) is 0 Å². The Morgan fingerprint density at radius 1 is 1.19 bits per heavy atom. The second-order valence-corrected chi connectivity index (χ2v) is 5.96. The fourth-order valence-corrected chi connectivity index (χ4v) is 2.74. The first-order valence-corrected chi connectivity index (χ1v) is 8.08. The van der Waals surface area contributed by atoms with Crippen LogP contribution in [0.1, 0.15) is 12.5 Å². The molecule has 0 aliphatic rings. The highest BCUT2D eigenvalue weighted by atomic mass is 79.9. The third-order valence-corrected chi connectivity index (χ3v) is 4.06. The molecule has 6 heteroatoms. The van der Waals surface area contributed by atoms with E-state index in [4.69, 9.17) is 9.47 Å². The molecule has 1 aromatic heterocycles. The van der Waals surface area contributed by atoms with Crippen molar-refractivity contribution in [1.29, 1.82) is 0 Å². The molecule has 1 N–H and O–H groups in total. The van der Waals surface area contributed by atoms with Crippen molar-refractivity contribution in [3.63, 3.8) is 0 Å². The molecule has 21 heavy (non-hydrogen) atoms. The van der Waals surface area contributed by atoms with Gasteiger partial charge in [0.05, 0.1) is 16.1 Å². The second kappa shape index (κ2) is 7.66. The summed E-state index contributed by atoms with van der Waals surface area (Å²) in [5.41, 5.74) is 1.01. The van der Waals surface area contributed by atoms with Crippen molar-refractivity contribution in [2.45, 2.75) is 13.5 Å². The first-order valence-electron chi connectivity index (χ1n) is 6.49. The number of aromatic nitrogens is 1. The lowest BCUT2D eigenvalue weighted by molar-refractivity contribution is 0.303. The number of pyridine rings is 1. The first-order chi connectivity index (χ1) is 10.2. The predicted octanol–water partition coefficient (Wildman–Crippen LogP) is 4.63. The molecule has 0 fully saturated rings. The summed E-state index contributed by atoms with van der Waals surface area (Å²) < 4.78 is 12.8. The van der Waals surface area contributed by atoms with Crippen molar-refractivity contribution in [3.8, 4) is 11.5 Å². The Bertz CT molecular complexity index is 621. The number of benzene rings is 1. The molecule has 0 saturated carbocycles. The zero-order valence-electron chi connectivity index (χ0n) is 11.8. The van der Waals surface area contributed by atoms with Crippen molar-refractivity contribution < 1.29 is 9.47 Å². The molecule has 0 amide bonds. The molecule has 2 aromatic rings. The van der Waals surface area contributed by atoms with E-state index in [-0.39, 0.29) is 0 Å². The number of methoxy groups -OCH3 is 1. The van der Waals surface area contributed by atoms with Crippen LogP contribution in [-0.4, -0.2) is 18.6 Å². The Labute approximate surface area is 141 Å². The monoisotopic (exact) mass is 414 g/mol. The lowest BCUT2D eigenvalue weighted by Gasteiger charge is -2.13. The molecule has 0 saturated heterocycles. The quantitative estimate of drug-likeness (QED) is 0.747. The first kappa shape index (κ1) is 16.1. The number of halogens is 2. The molecule has 0 unspecified atom stereocenters. The van der Waals surface area contributed by atoms with E-state index in [1.54, 1.807) is 13.3 Å². The Morgan fingerprint density at radius 2 is 1.90 bits per heavy atom. The minimum absolute atomic E-state index is 0.438. The van der Waals surface area contributed by atoms with E-state index in [1.165, 1.54) is 0 Å². The lowest BCUT2D eigenvalue weighted by atomic mass is 10.2. The summed E-state index contributed by atoms with van der Waals surface area (Å²) in [5.74, 6) is 2.35. The highest BCUT2D eigenvalue weighted by molar-refractivity contribution is 9.11. The van der Waals surface area contributed by atoms with Gasteiger partial charge < -0.3 is 14.8 Å². The Balaban J connectivity index is 2.15. The average Bonchev–Trinajstić information content (AvgIpc) is 2.49. The van der Waals surface area contributed by atoms with Crippen molar-refractivity contribution in [2.24, 2.45) is 0 Å². The molecule has 0 atom stereocenters. The van der Waals surface area contributed by atoms with Gasteiger partial charge in [-0.3, -0.25) is 0 Å². The lowest BCUT2D eigenvalue weighted by Crippen LogP contribution is -2.05. The van der Waals surface area contributed by atoms with E-state index >= 15 is 0 Å². The Hall–Kier alpha value is -1.27. The van der Waals surface area contributed by atoms with Crippen LogP contribution in [0.5, 0.6) is 11.5 Å². The van der Waals surface area contributed by atoms with Crippen molar-refractivity contribution in [2.75, 3.05) is 19.0 Å². The maximum atomic E-state index is 5.88. The van der Waals surface area contributed by atoms with E-state index in [0.29, 0.717) is 6.61 Å². The highest BCUT2D eigenvalue weighted by Crippen LogP contribution is 2.36. The predicted molar refractivity (Wildman–Crippen MR) is 91.1 cm³/mol. The number of nitrogens with one attached hydrogen (secondary N) is 1. The number of nitrogens with zero attached hydrogens (tertiary/aromatic N) is 1. The summed E-state index contributed by atoms with van der Waals surface area (Å²) in [7, 11) is 1.63. The van der Waals surface area contributed by atoms with Crippen LogP contribution in [0.15, 0.2) is 39.4 Å². The van der Waals surface area contributed by atoms with Gasteiger partial charge in [-0.1, -0.05) is 6.07 Å². The van der Waals surface area contributed by atoms with Crippen LogP contribution in [0, 0.1) is 0 Å². The van der Waals surface area contributed by atoms with Gasteiger partial charge in [0.1, 0.15) is 23.9 Å². The van der Waals surface area contributed by atoms with Crippen LogP contribution in [0.4, 0.5) is 5.82 Å². The smallest absolute Gasteiger partial charge is 0.135 e. The maximum absolute atomic E-state index is 5.88. The Morgan fingerprint density at radius 3 is 2.62 bits per heavy atom. The van der Waals surface area contributed by atoms with E-state index in [1.807, 2.05) is 31.2 Å². The number of hydrogen-bond donors (Lipinski definition) is 1. The zero-order chi connectivity index (χ0) is 15.2. The molecule has 0 spiro atoms. The van der Waals surface area contributed by atoms with Crippen molar-refractivity contribution in [3.05, 3.63) is 45.0 Å². The minimum atomic E-state index is 0.438. The number of ether oxygens (including phenoxy) is 2. The summed E-state index contributed by atoms with van der Waals surface area (Å²) in [6.45, 7) is 3.30. The number of rotatable bonds is 6. The molecule has 1 aromatic carbocycles. The molecular formula is C15H16Br2N2O2. The van der Waals surface area contributed by atoms with Crippen molar-refractivity contribution in [1.82, 2.24) is 4.98 Å². The molecule has 112 valence electrons. The summed E-state index contributed by atoms with van der Waals surface area (Å²) >= 11 is 6.94. The van der Waals surface area contributed by atoms with Crippen LogP contribution in [-0.2, 0) is 6.61 Å². The fourth-order valence-electron chi connectivity index (χ4n) is 1.81. The minimum Gasteiger partial charge on any atom is -0.496 e. The van der Waals surface area contributed by atoms with Crippen molar-refractivity contribution >= 4 is 37.7 Å². The molecule has 4 nitrogen and oxygen atoms in total. The largest absolute Gasteiger partial charge is 0.496 e. The second-order valence-electron chi connectivity index (χ2n) is 4.25. The van der Waals surface area contributed by atoms with Crippen LogP contribution < -0.4 is 14.8 Å². The molecule has 0 bridgehead atoms. The summed E-state index contributed by atoms with van der Waals surface area (Å²) in [6, 6.07) is 7.65. The van der Waals surface area contributed by atoms with Gasteiger partial charge in [0.2, 0.25) is 0 Å². The third-order valence-electron chi connectivity index (χ3n) is 2.82. The SMILES string of the molecule is CCNc1ncccc1COc1cc(Br)c(OC)cc1Br. The van der Waals surface area contributed by atoms with Gasteiger partial charge in [-0.15, -0.1) is 0 Å². The molecule has 2 rings (SSSR count). The van der Waals surface area contributed by atoms with Gasteiger partial charge in [0, 0.05) is 18.3 Å². The van der Waals surface area contributed by atoms with E-state index < -0.39 is 0 Å².